The van der Waals surface area contributed by atoms with Crippen molar-refractivity contribution in [3.05, 3.63) is 0 Å². The SMILES string of the molecule is CC(C)(C)OC(=O)N1CCCC[C@H]1C(=O)N[C@@H](CO)C(=O)O. The molecule has 0 aromatic carbocycles. The van der Waals surface area contributed by atoms with E-state index in [-0.39, 0.29) is 0 Å². The van der Waals surface area contributed by atoms with Crippen LogP contribution in [-0.4, -0.2) is 63.9 Å². The number of piperidine rings is 1. The molecule has 0 unspecified atom stereocenters. The number of rotatable bonds is 4. The molecule has 2 atom stereocenters. The van der Waals surface area contributed by atoms with Gasteiger partial charge in [-0.2, -0.15) is 0 Å². The summed E-state index contributed by atoms with van der Waals surface area (Å²) in [6.45, 7) is 4.87. The maximum absolute atomic E-state index is 12.2. The lowest BCUT2D eigenvalue weighted by Crippen LogP contribution is -2.56. The molecule has 8 nitrogen and oxygen atoms in total. The van der Waals surface area contributed by atoms with Crippen molar-refractivity contribution in [1.82, 2.24) is 10.2 Å². The fourth-order valence-corrected chi connectivity index (χ4v) is 2.20. The van der Waals surface area contributed by atoms with Crippen molar-refractivity contribution in [1.29, 1.82) is 0 Å². The summed E-state index contributed by atoms with van der Waals surface area (Å²) in [6, 6.07) is -2.16. The van der Waals surface area contributed by atoms with E-state index in [4.69, 9.17) is 14.9 Å². The van der Waals surface area contributed by atoms with Crippen molar-refractivity contribution < 1.29 is 29.3 Å². The van der Waals surface area contributed by atoms with E-state index in [2.05, 4.69) is 5.32 Å². The number of hydrogen-bond acceptors (Lipinski definition) is 5. The third-order valence-corrected chi connectivity index (χ3v) is 3.23. The fourth-order valence-electron chi connectivity index (χ4n) is 2.20. The monoisotopic (exact) mass is 316 g/mol. The maximum Gasteiger partial charge on any atom is 0.410 e. The van der Waals surface area contributed by atoms with Gasteiger partial charge < -0.3 is 20.3 Å². The number of carbonyl (C=O) groups is 3. The number of carboxylic acid groups (broad SMARTS) is 1. The fraction of sp³-hybridized carbons (Fsp3) is 0.786. The summed E-state index contributed by atoms with van der Waals surface area (Å²) in [6.07, 6.45) is 1.35. The van der Waals surface area contributed by atoms with Gasteiger partial charge >= 0.3 is 12.1 Å². The Kier molecular flexibility index (Phi) is 6.16. The standard InChI is InChI=1S/C14H24N2O6/c1-14(2,3)22-13(21)16-7-5-4-6-10(16)11(18)15-9(8-17)12(19)20/h9-10,17H,4-8H2,1-3H3,(H,15,18)(H,19,20)/t9-,10-/m0/s1. The summed E-state index contributed by atoms with van der Waals surface area (Å²) in [5.74, 6) is -1.91. The molecule has 1 aliphatic heterocycles. The van der Waals surface area contributed by atoms with Crippen molar-refractivity contribution in [2.24, 2.45) is 0 Å². The number of carboxylic acids is 1. The van der Waals surface area contributed by atoms with Crippen LogP contribution in [0.15, 0.2) is 0 Å². The molecule has 0 aromatic heterocycles. The molecule has 0 aromatic rings. The second-order valence-corrected chi connectivity index (χ2v) is 6.27. The smallest absolute Gasteiger partial charge is 0.410 e. The number of aliphatic hydroxyl groups is 1. The molecule has 8 heteroatoms. The van der Waals surface area contributed by atoms with E-state index < -0.39 is 42.3 Å². The molecule has 0 aliphatic carbocycles. The lowest BCUT2D eigenvalue weighted by atomic mass is 10.0. The predicted octanol–water partition coefficient (Wildman–Crippen LogP) is 0.338. The minimum absolute atomic E-state index is 0.379. The number of carbonyl (C=O) groups excluding carboxylic acids is 2. The Morgan fingerprint density at radius 3 is 2.45 bits per heavy atom. The lowest BCUT2D eigenvalue weighted by Gasteiger charge is -2.36. The third kappa shape index (κ3) is 5.18. The highest BCUT2D eigenvalue weighted by atomic mass is 16.6. The molecule has 126 valence electrons. The number of ether oxygens (including phenoxy) is 1. The van der Waals surface area contributed by atoms with Crippen LogP contribution in [0.25, 0.3) is 0 Å². The van der Waals surface area contributed by atoms with Crippen molar-refractivity contribution in [2.75, 3.05) is 13.2 Å². The van der Waals surface area contributed by atoms with Crippen LogP contribution < -0.4 is 5.32 Å². The van der Waals surface area contributed by atoms with Crippen LogP contribution in [0.2, 0.25) is 0 Å². The number of hydrogen-bond donors (Lipinski definition) is 3. The second kappa shape index (κ2) is 7.44. The topological polar surface area (TPSA) is 116 Å². The first-order valence-electron chi connectivity index (χ1n) is 7.29. The van der Waals surface area contributed by atoms with Gasteiger partial charge in [0.1, 0.15) is 17.7 Å². The van der Waals surface area contributed by atoms with E-state index in [1.807, 2.05) is 0 Å². The molecule has 0 radical (unpaired) electrons. The average molecular weight is 316 g/mol. The minimum Gasteiger partial charge on any atom is -0.480 e. The normalized spacial score (nSPS) is 20.2. The molecule has 1 saturated heterocycles. The molecule has 1 aliphatic rings. The van der Waals surface area contributed by atoms with E-state index in [1.165, 1.54) is 4.90 Å². The van der Waals surface area contributed by atoms with Crippen LogP contribution in [0.4, 0.5) is 4.79 Å². The highest BCUT2D eigenvalue weighted by Gasteiger charge is 2.36. The van der Waals surface area contributed by atoms with Gasteiger partial charge in [-0.15, -0.1) is 0 Å². The Bertz CT molecular complexity index is 432. The zero-order valence-corrected chi connectivity index (χ0v) is 13.2. The maximum atomic E-state index is 12.2. The van der Waals surface area contributed by atoms with E-state index in [0.717, 1.165) is 12.8 Å². The Labute approximate surface area is 129 Å². The van der Waals surface area contributed by atoms with Gasteiger partial charge in [-0.05, 0) is 40.0 Å². The summed E-state index contributed by atoms with van der Waals surface area (Å²) >= 11 is 0. The molecule has 3 N–H and O–H groups in total. The van der Waals surface area contributed by atoms with Crippen molar-refractivity contribution in [2.45, 2.75) is 57.7 Å². The first-order chi connectivity index (χ1) is 10.2. The summed E-state index contributed by atoms with van der Waals surface area (Å²) < 4.78 is 5.28. The molecule has 22 heavy (non-hydrogen) atoms. The van der Waals surface area contributed by atoms with Crippen molar-refractivity contribution >= 4 is 18.0 Å². The zero-order chi connectivity index (χ0) is 16.9. The molecule has 0 spiro atoms. The zero-order valence-electron chi connectivity index (χ0n) is 13.2. The number of nitrogens with zero attached hydrogens (tertiary/aromatic N) is 1. The Balaban J connectivity index is 2.78. The predicted molar refractivity (Wildman–Crippen MR) is 77.2 cm³/mol. The highest BCUT2D eigenvalue weighted by Crippen LogP contribution is 2.20. The van der Waals surface area contributed by atoms with Crippen LogP contribution in [0.1, 0.15) is 40.0 Å². The molecule has 0 saturated carbocycles. The van der Waals surface area contributed by atoms with Gasteiger partial charge in [0.05, 0.1) is 6.61 Å². The van der Waals surface area contributed by atoms with E-state index in [0.29, 0.717) is 13.0 Å². The number of likely N-dealkylation sites (tertiary alicyclic amines) is 1. The molecule has 1 heterocycles. The minimum atomic E-state index is -1.38. The summed E-state index contributed by atoms with van der Waals surface area (Å²) in [5, 5.41) is 20.1. The Morgan fingerprint density at radius 1 is 1.32 bits per heavy atom. The summed E-state index contributed by atoms with van der Waals surface area (Å²) in [5.41, 5.74) is -0.676. The quantitative estimate of drug-likeness (QED) is 0.688. The van der Waals surface area contributed by atoms with Gasteiger partial charge in [0.15, 0.2) is 0 Å². The first kappa shape index (κ1) is 18.2. The molecule has 2 amide bonds. The summed E-state index contributed by atoms with van der Waals surface area (Å²) in [4.78, 5) is 36.6. The van der Waals surface area contributed by atoms with Crippen LogP contribution in [0.5, 0.6) is 0 Å². The van der Waals surface area contributed by atoms with Gasteiger partial charge in [0.25, 0.3) is 0 Å². The van der Waals surface area contributed by atoms with E-state index >= 15 is 0 Å². The van der Waals surface area contributed by atoms with Crippen molar-refractivity contribution in [3.63, 3.8) is 0 Å². The lowest BCUT2D eigenvalue weighted by molar-refractivity contribution is -0.144. The average Bonchev–Trinajstić information content (AvgIpc) is 2.42. The van der Waals surface area contributed by atoms with Crippen LogP contribution in [-0.2, 0) is 14.3 Å². The van der Waals surface area contributed by atoms with E-state index in [9.17, 15) is 14.4 Å². The number of aliphatic hydroxyl groups excluding tert-OH is 1. The second-order valence-electron chi connectivity index (χ2n) is 6.27. The van der Waals surface area contributed by atoms with Crippen LogP contribution in [0.3, 0.4) is 0 Å². The van der Waals surface area contributed by atoms with Gasteiger partial charge in [-0.25, -0.2) is 9.59 Å². The van der Waals surface area contributed by atoms with Gasteiger partial charge in [-0.1, -0.05) is 0 Å². The van der Waals surface area contributed by atoms with Gasteiger partial charge in [-0.3, -0.25) is 9.69 Å². The molecule has 1 rings (SSSR count). The summed E-state index contributed by atoms with van der Waals surface area (Å²) in [7, 11) is 0. The Hall–Kier alpha value is -1.83. The van der Waals surface area contributed by atoms with E-state index in [1.54, 1.807) is 20.8 Å². The van der Waals surface area contributed by atoms with Gasteiger partial charge in [0, 0.05) is 6.54 Å². The van der Waals surface area contributed by atoms with Crippen molar-refractivity contribution in [3.8, 4) is 0 Å². The highest BCUT2D eigenvalue weighted by molar-refractivity contribution is 5.89. The van der Waals surface area contributed by atoms with Gasteiger partial charge in [0.2, 0.25) is 5.91 Å². The molecule has 0 bridgehead atoms. The first-order valence-corrected chi connectivity index (χ1v) is 7.29. The largest absolute Gasteiger partial charge is 0.480 e. The molecule has 1 fully saturated rings. The Morgan fingerprint density at radius 2 is 1.95 bits per heavy atom. The number of aliphatic carboxylic acids is 1. The van der Waals surface area contributed by atoms with Crippen LogP contribution in [0, 0.1) is 0 Å². The molecular weight excluding hydrogens is 292 g/mol. The number of nitrogens with one attached hydrogen (secondary N) is 1. The molecular formula is C14H24N2O6. The van der Waals surface area contributed by atoms with Crippen LogP contribution >= 0.6 is 0 Å². The number of amides is 2. The third-order valence-electron chi connectivity index (χ3n) is 3.23.